The van der Waals surface area contributed by atoms with Crippen LogP contribution in [0.25, 0.3) is 5.95 Å². The van der Waals surface area contributed by atoms with Gasteiger partial charge in [0.05, 0.1) is 23.1 Å². The van der Waals surface area contributed by atoms with E-state index in [2.05, 4.69) is 15.1 Å². The van der Waals surface area contributed by atoms with Crippen LogP contribution in [0, 0.1) is 6.92 Å². The lowest BCUT2D eigenvalue weighted by Gasteiger charge is -2.38. The monoisotopic (exact) mass is 424 g/mol. The molecule has 2 aromatic heterocycles. The SMILES string of the molecule is Cc1c(C(=O)N2CCN(C(C)C(F)(F)F)CC2)cnn1-c1nc2c(c(=O)[nH]1)CCC2. The lowest BCUT2D eigenvalue weighted by atomic mass is 10.2. The predicted octanol–water partition coefficient (Wildman–Crippen LogP) is 1.46. The van der Waals surface area contributed by atoms with Crippen LogP contribution in [0.2, 0.25) is 0 Å². The van der Waals surface area contributed by atoms with Crippen molar-refractivity contribution in [2.45, 2.75) is 45.3 Å². The molecule has 1 aliphatic carbocycles. The summed E-state index contributed by atoms with van der Waals surface area (Å²) in [5.74, 6) is -0.0254. The lowest BCUT2D eigenvalue weighted by molar-refractivity contribution is -0.181. The largest absolute Gasteiger partial charge is 0.403 e. The van der Waals surface area contributed by atoms with Gasteiger partial charge in [-0.15, -0.1) is 0 Å². The van der Waals surface area contributed by atoms with E-state index in [4.69, 9.17) is 0 Å². The number of aromatic amines is 1. The van der Waals surface area contributed by atoms with Crippen LogP contribution in [0.5, 0.6) is 0 Å². The van der Waals surface area contributed by atoms with Gasteiger partial charge in [-0.25, -0.2) is 9.67 Å². The normalized spacial score (nSPS) is 18.5. The average molecular weight is 424 g/mol. The van der Waals surface area contributed by atoms with Crippen LogP contribution in [0.4, 0.5) is 13.2 Å². The number of aryl methyl sites for hydroxylation is 1. The summed E-state index contributed by atoms with van der Waals surface area (Å²) in [6.45, 7) is 3.56. The first kappa shape index (κ1) is 20.6. The van der Waals surface area contributed by atoms with Gasteiger partial charge in [0.25, 0.3) is 11.5 Å². The smallest absolute Gasteiger partial charge is 0.336 e. The molecular formula is C19H23F3N6O2. The summed E-state index contributed by atoms with van der Waals surface area (Å²) in [6, 6.07) is -1.54. The van der Waals surface area contributed by atoms with Crippen LogP contribution in [-0.4, -0.2) is 73.9 Å². The summed E-state index contributed by atoms with van der Waals surface area (Å²) in [4.78, 5) is 35.3. The highest BCUT2D eigenvalue weighted by atomic mass is 19.4. The summed E-state index contributed by atoms with van der Waals surface area (Å²) in [7, 11) is 0. The molecule has 1 saturated heterocycles. The molecule has 0 aromatic carbocycles. The Morgan fingerprint density at radius 2 is 1.90 bits per heavy atom. The summed E-state index contributed by atoms with van der Waals surface area (Å²) in [5.41, 5.74) is 2.13. The van der Waals surface area contributed by atoms with Crippen molar-refractivity contribution in [3.8, 4) is 5.95 Å². The summed E-state index contributed by atoms with van der Waals surface area (Å²) < 4.78 is 40.2. The van der Waals surface area contributed by atoms with Gasteiger partial charge >= 0.3 is 6.18 Å². The number of nitrogens with one attached hydrogen (secondary N) is 1. The topological polar surface area (TPSA) is 87.1 Å². The quantitative estimate of drug-likeness (QED) is 0.806. The van der Waals surface area contributed by atoms with Gasteiger partial charge in [-0.05, 0) is 33.1 Å². The number of fused-ring (bicyclic) bond motifs is 1. The van der Waals surface area contributed by atoms with E-state index in [1.54, 1.807) is 6.92 Å². The van der Waals surface area contributed by atoms with Crippen molar-refractivity contribution in [1.82, 2.24) is 29.5 Å². The number of hydrogen-bond acceptors (Lipinski definition) is 5. The van der Waals surface area contributed by atoms with Crippen molar-refractivity contribution in [3.05, 3.63) is 39.1 Å². The fraction of sp³-hybridized carbons (Fsp3) is 0.579. The first-order chi connectivity index (χ1) is 14.2. The second kappa shape index (κ2) is 7.53. The number of aromatic nitrogens is 4. The first-order valence-corrected chi connectivity index (χ1v) is 9.94. The van der Waals surface area contributed by atoms with Gasteiger partial charge in [-0.1, -0.05) is 0 Å². The second-order valence-corrected chi connectivity index (χ2v) is 7.77. The zero-order valence-electron chi connectivity index (χ0n) is 16.8. The number of carbonyl (C=O) groups is 1. The number of alkyl halides is 3. The predicted molar refractivity (Wildman–Crippen MR) is 102 cm³/mol. The Bertz CT molecular complexity index is 1020. The first-order valence-electron chi connectivity index (χ1n) is 9.94. The third-order valence-electron chi connectivity index (χ3n) is 5.99. The molecule has 0 bridgehead atoms. The van der Waals surface area contributed by atoms with Crippen LogP contribution in [0.3, 0.4) is 0 Å². The van der Waals surface area contributed by atoms with Gasteiger partial charge in [-0.2, -0.15) is 18.3 Å². The van der Waals surface area contributed by atoms with Crippen molar-refractivity contribution >= 4 is 5.91 Å². The maximum Gasteiger partial charge on any atom is 0.403 e. The Morgan fingerprint density at radius 3 is 2.57 bits per heavy atom. The number of hydrogen-bond donors (Lipinski definition) is 1. The molecule has 8 nitrogen and oxygen atoms in total. The van der Waals surface area contributed by atoms with E-state index >= 15 is 0 Å². The van der Waals surface area contributed by atoms with Gasteiger partial charge in [0.1, 0.15) is 6.04 Å². The van der Waals surface area contributed by atoms with E-state index in [1.807, 2.05) is 0 Å². The Hall–Kier alpha value is -2.69. The van der Waals surface area contributed by atoms with Crippen LogP contribution < -0.4 is 5.56 Å². The summed E-state index contributed by atoms with van der Waals surface area (Å²) in [6.07, 6.45) is -0.549. The molecule has 1 fully saturated rings. The molecule has 2 aliphatic rings. The van der Waals surface area contributed by atoms with Crippen molar-refractivity contribution in [2.75, 3.05) is 26.2 Å². The Balaban J connectivity index is 1.50. The average Bonchev–Trinajstić information content (AvgIpc) is 3.33. The zero-order valence-corrected chi connectivity index (χ0v) is 16.8. The molecule has 2 aromatic rings. The fourth-order valence-corrected chi connectivity index (χ4v) is 4.05. The highest BCUT2D eigenvalue weighted by Gasteiger charge is 2.41. The number of piperazine rings is 1. The minimum absolute atomic E-state index is 0.152. The molecule has 11 heteroatoms. The van der Waals surface area contributed by atoms with E-state index in [9.17, 15) is 22.8 Å². The van der Waals surface area contributed by atoms with E-state index in [0.717, 1.165) is 25.5 Å². The maximum atomic E-state index is 12.9. The molecule has 3 heterocycles. The van der Waals surface area contributed by atoms with Gasteiger partial charge in [-0.3, -0.25) is 19.5 Å². The third kappa shape index (κ3) is 3.62. The summed E-state index contributed by atoms with van der Waals surface area (Å²) in [5, 5.41) is 4.22. The Morgan fingerprint density at radius 1 is 1.20 bits per heavy atom. The molecule has 162 valence electrons. The summed E-state index contributed by atoms with van der Waals surface area (Å²) >= 11 is 0. The van der Waals surface area contributed by atoms with Crippen molar-refractivity contribution in [1.29, 1.82) is 0 Å². The van der Waals surface area contributed by atoms with Crippen molar-refractivity contribution in [2.24, 2.45) is 0 Å². The molecular weight excluding hydrogens is 401 g/mol. The standard InChI is InChI=1S/C19H23F3N6O2/c1-11-14(17(30)27-8-6-26(7-9-27)12(2)19(20,21)22)10-23-28(11)18-24-15-5-3-4-13(15)16(29)25-18/h10,12H,3-9H2,1-2H3,(H,24,25,29). The maximum absolute atomic E-state index is 12.9. The molecule has 1 atom stereocenters. The van der Waals surface area contributed by atoms with Gasteiger partial charge in [0.2, 0.25) is 5.95 Å². The number of H-pyrrole nitrogens is 1. The highest BCUT2D eigenvalue weighted by molar-refractivity contribution is 5.95. The molecule has 1 amide bonds. The molecule has 4 rings (SSSR count). The number of nitrogens with zero attached hydrogens (tertiary/aromatic N) is 5. The van der Waals surface area contributed by atoms with E-state index in [0.29, 0.717) is 23.2 Å². The minimum Gasteiger partial charge on any atom is -0.336 e. The van der Waals surface area contributed by atoms with Crippen LogP contribution in [-0.2, 0) is 12.8 Å². The molecule has 30 heavy (non-hydrogen) atoms. The second-order valence-electron chi connectivity index (χ2n) is 7.77. The van der Waals surface area contributed by atoms with E-state index in [-0.39, 0.29) is 43.6 Å². The van der Waals surface area contributed by atoms with Crippen molar-refractivity contribution in [3.63, 3.8) is 0 Å². The Labute approximate surface area is 170 Å². The number of halogens is 3. The molecule has 0 radical (unpaired) electrons. The van der Waals surface area contributed by atoms with E-state index < -0.39 is 12.2 Å². The molecule has 0 spiro atoms. The number of amides is 1. The number of carbonyl (C=O) groups excluding carboxylic acids is 1. The van der Waals surface area contributed by atoms with Gasteiger partial charge < -0.3 is 4.90 Å². The highest BCUT2D eigenvalue weighted by Crippen LogP contribution is 2.26. The van der Waals surface area contributed by atoms with Gasteiger partial charge in [0.15, 0.2) is 0 Å². The van der Waals surface area contributed by atoms with E-state index in [1.165, 1.54) is 20.7 Å². The molecule has 0 saturated carbocycles. The Kier molecular flexibility index (Phi) is 5.16. The zero-order chi connectivity index (χ0) is 21.6. The molecule has 1 aliphatic heterocycles. The van der Waals surface area contributed by atoms with Crippen LogP contribution in [0.1, 0.15) is 40.7 Å². The van der Waals surface area contributed by atoms with Crippen LogP contribution >= 0.6 is 0 Å². The third-order valence-corrected chi connectivity index (χ3v) is 5.99. The minimum atomic E-state index is -4.29. The molecule has 1 unspecified atom stereocenters. The van der Waals surface area contributed by atoms with Crippen LogP contribution in [0.15, 0.2) is 11.0 Å². The van der Waals surface area contributed by atoms with Crippen molar-refractivity contribution < 1.29 is 18.0 Å². The molecule has 1 N–H and O–H groups in total. The fourth-order valence-electron chi connectivity index (χ4n) is 4.05. The van der Waals surface area contributed by atoms with Gasteiger partial charge in [0, 0.05) is 31.7 Å². The number of rotatable bonds is 3. The lowest BCUT2D eigenvalue weighted by Crippen LogP contribution is -2.54.